The van der Waals surface area contributed by atoms with E-state index >= 15 is 0 Å². The third-order valence-corrected chi connectivity index (χ3v) is 2.35. The van der Waals surface area contributed by atoms with E-state index in [9.17, 15) is 4.57 Å². The van der Waals surface area contributed by atoms with Gasteiger partial charge in [-0.3, -0.25) is 4.57 Å². The first-order chi connectivity index (χ1) is 4.16. The van der Waals surface area contributed by atoms with Gasteiger partial charge in [0.2, 0.25) is 0 Å². The summed E-state index contributed by atoms with van der Waals surface area (Å²) in [6.07, 6.45) is 2.67. The molecule has 0 rings (SSSR count). The highest BCUT2D eigenvalue weighted by Crippen LogP contribution is 2.20. The molecule has 0 fully saturated rings. The highest BCUT2D eigenvalue weighted by atomic mass is 31.1. The van der Waals surface area contributed by atoms with Crippen molar-refractivity contribution in [1.82, 2.24) is 0 Å². The molecule has 0 radical (unpaired) electrons. The molecule has 0 saturated heterocycles. The van der Waals surface area contributed by atoms with Crippen LogP contribution in [0.3, 0.4) is 0 Å². The lowest BCUT2D eigenvalue weighted by Crippen LogP contribution is -1.96. The van der Waals surface area contributed by atoms with Gasteiger partial charge in [0.05, 0.1) is 0 Å². The highest BCUT2D eigenvalue weighted by molar-refractivity contribution is 7.37. The topological polar surface area (TPSA) is 37.3 Å². The lowest BCUT2D eigenvalue weighted by molar-refractivity contribution is 0.481. The van der Waals surface area contributed by atoms with Gasteiger partial charge in [-0.1, -0.05) is 26.7 Å². The normalized spacial score (nSPS) is 17.2. The van der Waals surface area contributed by atoms with Crippen LogP contribution in [0.5, 0.6) is 0 Å². The van der Waals surface area contributed by atoms with Crippen molar-refractivity contribution in [2.75, 3.05) is 6.16 Å². The quantitative estimate of drug-likeness (QED) is 0.621. The van der Waals surface area contributed by atoms with E-state index in [0.29, 0.717) is 12.1 Å². The monoisotopic (exact) mass is 150 g/mol. The molecule has 0 heterocycles. The van der Waals surface area contributed by atoms with Crippen molar-refractivity contribution in [2.24, 2.45) is 5.92 Å². The van der Waals surface area contributed by atoms with E-state index in [0.717, 1.165) is 12.8 Å². The zero-order valence-corrected chi connectivity index (χ0v) is 7.05. The summed E-state index contributed by atoms with van der Waals surface area (Å²) in [5.74, 6) is 0.423. The second-order valence-electron chi connectivity index (χ2n) is 2.49. The van der Waals surface area contributed by atoms with Crippen molar-refractivity contribution < 1.29 is 9.46 Å². The Morgan fingerprint density at radius 3 is 2.56 bits per heavy atom. The Labute approximate surface area is 57.1 Å². The van der Waals surface area contributed by atoms with E-state index in [1.165, 1.54) is 0 Å². The van der Waals surface area contributed by atoms with Crippen LogP contribution in [-0.4, -0.2) is 11.1 Å². The third-order valence-electron chi connectivity index (χ3n) is 1.30. The Bertz CT molecular complexity index is 93.1. The maximum atomic E-state index is 10.3. The first-order valence-corrected chi connectivity index (χ1v) is 4.94. The van der Waals surface area contributed by atoms with Crippen molar-refractivity contribution in [1.29, 1.82) is 0 Å². The van der Waals surface area contributed by atoms with E-state index < -0.39 is 8.03 Å². The Balaban J connectivity index is 3.26. The Hall–Kier alpha value is 0.190. The number of rotatable bonds is 4. The van der Waals surface area contributed by atoms with Crippen LogP contribution in [0.4, 0.5) is 0 Å². The van der Waals surface area contributed by atoms with Gasteiger partial charge in [-0.05, 0) is 5.92 Å². The molecule has 0 amide bonds. The molecule has 0 aliphatic heterocycles. The molecule has 3 heteroatoms. The fraction of sp³-hybridized carbons (Fsp3) is 1.00. The zero-order valence-electron chi connectivity index (χ0n) is 6.05. The van der Waals surface area contributed by atoms with E-state index in [4.69, 9.17) is 4.89 Å². The van der Waals surface area contributed by atoms with Gasteiger partial charge in [0.1, 0.15) is 0 Å². The Morgan fingerprint density at radius 2 is 2.22 bits per heavy atom. The first-order valence-electron chi connectivity index (χ1n) is 3.38. The number of hydrogen-bond donors (Lipinski definition) is 1. The summed E-state index contributed by atoms with van der Waals surface area (Å²) in [4.78, 5) is 8.50. The molecule has 0 aromatic carbocycles. The van der Waals surface area contributed by atoms with Crippen LogP contribution in [0, 0.1) is 5.92 Å². The summed E-state index contributed by atoms with van der Waals surface area (Å²) in [6, 6.07) is 0. The molecular formula is C6H15O2P. The summed E-state index contributed by atoms with van der Waals surface area (Å²) < 4.78 is 10.3. The predicted molar refractivity (Wildman–Crippen MR) is 40.2 cm³/mol. The van der Waals surface area contributed by atoms with Crippen LogP contribution in [0.2, 0.25) is 0 Å². The molecule has 0 spiro atoms. The lowest BCUT2D eigenvalue weighted by atomic mass is 10.1. The zero-order chi connectivity index (χ0) is 7.28. The minimum absolute atomic E-state index is 0.423. The average molecular weight is 150 g/mol. The maximum Gasteiger partial charge on any atom is 0.189 e. The molecule has 9 heavy (non-hydrogen) atoms. The molecule has 0 bridgehead atoms. The third kappa shape index (κ3) is 6.07. The minimum atomic E-state index is -2.21. The van der Waals surface area contributed by atoms with Crippen molar-refractivity contribution in [3.63, 3.8) is 0 Å². The lowest BCUT2D eigenvalue weighted by Gasteiger charge is -2.04. The van der Waals surface area contributed by atoms with Gasteiger partial charge < -0.3 is 4.89 Å². The van der Waals surface area contributed by atoms with Crippen LogP contribution >= 0.6 is 8.03 Å². The average Bonchev–Trinajstić information content (AvgIpc) is 1.63. The fourth-order valence-electron chi connectivity index (χ4n) is 0.893. The maximum absolute atomic E-state index is 10.3. The molecular weight excluding hydrogens is 135 g/mol. The van der Waals surface area contributed by atoms with E-state index in [1.54, 1.807) is 0 Å². The second kappa shape index (κ2) is 5.01. The van der Waals surface area contributed by atoms with E-state index in [2.05, 4.69) is 6.92 Å². The predicted octanol–water partition coefficient (Wildman–Crippen LogP) is 1.89. The van der Waals surface area contributed by atoms with Gasteiger partial charge in [0.25, 0.3) is 0 Å². The van der Waals surface area contributed by atoms with Crippen LogP contribution in [-0.2, 0) is 4.57 Å². The van der Waals surface area contributed by atoms with Gasteiger partial charge in [0.15, 0.2) is 8.03 Å². The largest absolute Gasteiger partial charge is 0.346 e. The molecule has 0 saturated carbocycles. The van der Waals surface area contributed by atoms with Crippen LogP contribution in [0.25, 0.3) is 0 Å². The second-order valence-corrected chi connectivity index (χ2v) is 3.69. The SMILES string of the molecule is CCCC(C)C[PH](=O)O. The molecule has 1 N–H and O–H groups in total. The van der Waals surface area contributed by atoms with Crippen molar-refractivity contribution in [2.45, 2.75) is 26.7 Å². The fourth-order valence-corrected chi connectivity index (χ4v) is 1.69. The van der Waals surface area contributed by atoms with E-state index in [1.807, 2.05) is 6.92 Å². The van der Waals surface area contributed by atoms with Gasteiger partial charge in [-0.2, -0.15) is 0 Å². The summed E-state index contributed by atoms with van der Waals surface area (Å²) >= 11 is 0. The highest BCUT2D eigenvalue weighted by Gasteiger charge is 2.02. The summed E-state index contributed by atoms with van der Waals surface area (Å²) in [5, 5.41) is 0. The molecule has 56 valence electrons. The van der Waals surface area contributed by atoms with Crippen molar-refractivity contribution in [3.8, 4) is 0 Å². The van der Waals surface area contributed by atoms with Gasteiger partial charge >= 0.3 is 0 Å². The molecule has 0 aliphatic rings. The van der Waals surface area contributed by atoms with Crippen LogP contribution < -0.4 is 0 Å². The Kier molecular flexibility index (Phi) is 5.12. The molecule has 0 aliphatic carbocycles. The standard InChI is InChI=1S/C6H15O2P/c1-3-4-6(2)5-9(7)8/h6,9H,3-5H2,1-2H3,(H,7,8). The molecule has 0 aromatic heterocycles. The van der Waals surface area contributed by atoms with Gasteiger partial charge in [-0.15, -0.1) is 0 Å². The summed E-state index contributed by atoms with van der Waals surface area (Å²) in [7, 11) is -2.21. The molecule has 0 aromatic rings. The Morgan fingerprint density at radius 1 is 1.67 bits per heavy atom. The first kappa shape index (κ1) is 9.19. The number of hydrogen-bond acceptors (Lipinski definition) is 1. The smallest absolute Gasteiger partial charge is 0.189 e. The van der Waals surface area contributed by atoms with Crippen LogP contribution in [0.15, 0.2) is 0 Å². The van der Waals surface area contributed by atoms with Crippen molar-refractivity contribution in [3.05, 3.63) is 0 Å². The molecule has 2 nitrogen and oxygen atoms in total. The minimum Gasteiger partial charge on any atom is -0.346 e. The van der Waals surface area contributed by atoms with Crippen molar-refractivity contribution >= 4 is 8.03 Å². The van der Waals surface area contributed by atoms with Gasteiger partial charge in [-0.25, -0.2) is 0 Å². The molecule has 2 unspecified atom stereocenters. The molecule has 2 atom stereocenters. The van der Waals surface area contributed by atoms with E-state index in [-0.39, 0.29) is 0 Å². The van der Waals surface area contributed by atoms with Gasteiger partial charge in [0, 0.05) is 6.16 Å². The summed E-state index contributed by atoms with van der Waals surface area (Å²) in [5.41, 5.74) is 0. The van der Waals surface area contributed by atoms with Crippen LogP contribution in [0.1, 0.15) is 26.7 Å². The summed E-state index contributed by atoms with van der Waals surface area (Å²) in [6.45, 7) is 4.10.